The molecule has 0 fully saturated rings. The first-order valence-corrected chi connectivity index (χ1v) is 5.01. The fourth-order valence-electron chi connectivity index (χ4n) is 1.07. The van der Waals surface area contributed by atoms with Crippen molar-refractivity contribution >= 4 is 0 Å². The summed E-state index contributed by atoms with van der Waals surface area (Å²) in [6, 6.07) is 0. The molecular weight excluding hydrogens is 160 g/mol. The van der Waals surface area contributed by atoms with Crippen molar-refractivity contribution in [2.75, 3.05) is 20.1 Å². The maximum absolute atomic E-state index is 3.69. The van der Waals surface area contributed by atoms with E-state index in [2.05, 4.69) is 43.1 Å². The molecule has 0 aromatic heterocycles. The van der Waals surface area contributed by atoms with Crippen molar-refractivity contribution in [1.29, 1.82) is 0 Å². The summed E-state index contributed by atoms with van der Waals surface area (Å²) in [4.78, 5) is 0. The van der Waals surface area contributed by atoms with Gasteiger partial charge < -0.3 is 0 Å². The molecule has 0 aliphatic rings. The van der Waals surface area contributed by atoms with Crippen LogP contribution in [0.4, 0.5) is 0 Å². The van der Waals surface area contributed by atoms with E-state index in [0.29, 0.717) is 0 Å². The largest absolute Gasteiger partial charge is 0.255 e. The summed E-state index contributed by atoms with van der Waals surface area (Å²) in [5.74, 6) is 0. The highest BCUT2D eigenvalue weighted by Gasteiger charge is 1.88. The first kappa shape index (κ1) is 12.4. The average molecular weight is 182 g/mol. The number of hydrogen-bond acceptors (Lipinski definition) is 2. The molecule has 0 aliphatic heterocycles. The smallest absolute Gasteiger partial charge is 0.0308 e. The fraction of sp³-hybridized carbons (Fsp3) is 0.636. The van der Waals surface area contributed by atoms with Gasteiger partial charge in [-0.2, -0.15) is 0 Å². The van der Waals surface area contributed by atoms with Crippen LogP contribution in [0.15, 0.2) is 24.8 Å². The Kier molecular flexibility index (Phi) is 9.05. The summed E-state index contributed by atoms with van der Waals surface area (Å²) >= 11 is 0. The number of allylic oxidation sites excluding steroid dienone is 2. The molecule has 0 rings (SSSR count). The van der Waals surface area contributed by atoms with Gasteiger partial charge in [-0.15, -0.1) is 6.58 Å². The molecule has 0 aromatic carbocycles. The lowest BCUT2D eigenvalue weighted by atomic mass is 10.2. The van der Waals surface area contributed by atoms with Gasteiger partial charge in [-0.05, 0) is 19.3 Å². The quantitative estimate of drug-likeness (QED) is 0.352. The molecule has 13 heavy (non-hydrogen) atoms. The van der Waals surface area contributed by atoms with Gasteiger partial charge in [0, 0.05) is 20.1 Å². The third-order valence-corrected chi connectivity index (χ3v) is 1.75. The SMILES string of the molecule is C=CCCCC=CCN(C)NCC. The lowest BCUT2D eigenvalue weighted by molar-refractivity contribution is 0.268. The van der Waals surface area contributed by atoms with Crippen molar-refractivity contribution in [1.82, 2.24) is 10.4 Å². The standard InChI is InChI=1S/C11H22N2/c1-4-6-7-8-9-10-11-13(3)12-5-2/h4,9-10,12H,1,5-8,11H2,2-3H3. The minimum Gasteiger partial charge on any atom is -0.255 e. The van der Waals surface area contributed by atoms with Crippen LogP contribution >= 0.6 is 0 Å². The Labute approximate surface area is 82.3 Å². The summed E-state index contributed by atoms with van der Waals surface area (Å²) in [7, 11) is 2.05. The van der Waals surface area contributed by atoms with Gasteiger partial charge in [0.15, 0.2) is 0 Å². The van der Waals surface area contributed by atoms with E-state index in [1.807, 2.05) is 6.08 Å². The lowest BCUT2D eigenvalue weighted by Crippen LogP contribution is -2.33. The van der Waals surface area contributed by atoms with Crippen LogP contribution in [-0.4, -0.2) is 25.1 Å². The number of rotatable bonds is 8. The highest BCUT2D eigenvalue weighted by atomic mass is 15.5. The molecule has 0 unspecified atom stereocenters. The van der Waals surface area contributed by atoms with Crippen molar-refractivity contribution in [3.63, 3.8) is 0 Å². The molecular formula is C11H22N2. The highest BCUT2D eigenvalue weighted by Crippen LogP contribution is 1.96. The minimum absolute atomic E-state index is 0.974. The van der Waals surface area contributed by atoms with Crippen LogP contribution in [0.25, 0.3) is 0 Å². The van der Waals surface area contributed by atoms with E-state index in [-0.39, 0.29) is 0 Å². The Morgan fingerprint density at radius 1 is 1.31 bits per heavy atom. The van der Waals surface area contributed by atoms with E-state index in [9.17, 15) is 0 Å². The van der Waals surface area contributed by atoms with E-state index < -0.39 is 0 Å². The van der Waals surface area contributed by atoms with Crippen molar-refractivity contribution < 1.29 is 0 Å². The van der Waals surface area contributed by atoms with Gasteiger partial charge in [0.25, 0.3) is 0 Å². The van der Waals surface area contributed by atoms with E-state index in [1.54, 1.807) is 0 Å². The number of hydrogen-bond donors (Lipinski definition) is 1. The molecule has 0 saturated carbocycles. The minimum atomic E-state index is 0.974. The topological polar surface area (TPSA) is 15.3 Å². The predicted molar refractivity (Wildman–Crippen MR) is 59.5 cm³/mol. The number of unbranched alkanes of at least 4 members (excludes halogenated alkanes) is 2. The number of nitrogens with one attached hydrogen (secondary N) is 1. The molecule has 0 spiro atoms. The first-order chi connectivity index (χ1) is 6.31. The molecule has 0 radical (unpaired) electrons. The Balaban J connectivity index is 3.24. The Morgan fingerprint density at radius 3 is 2.69 bits per heavy atom. The Hall–Kier alpha value is -0.600. The monoisotopic (exact) mass is 182 g/mol. The summed E-state index contributed by atoms with van der Waals surface area (Å²) in [5, 5.41) is 2.09. The van der Waals surface area contributed by atoms with Crippen LogP contribution in [0.2, 0.25) is 0 Å². The third-order valence-electron chi connectivity index (χ3n) is 1.75. The van der Waals surface area contributed by atoms with Crippen LogP contribution in [0.5, 0.6) is 0 Å². The van der Waals surface area contributed by atoms with E-state index >= 15 is 0 Å². The van der Waals surface area contributed by atoms with Crippen molar-refractivity contribution in [3.8, 4) is 0 Å². The second-order valence-electron chi connectivity index (χ2n) is 3.08. The van der Waals surface area contributed by atoms with Gasteiger partial charge in [-0.25, -0.2) is 5.01 Å². The zero-order valence-electron chi connectivity index (χ0n) is 8.92. The number of likely N-dealkylation sites (N-methyl/N-ethyl adjacent to an activating group) is 1. The molecule has 0 saturated heterocycles. The van der Waals surface area contributed by atoms with Gasteiger partial charge in [0.05, 0.1) is 0 Å². The third kappa shape index (κ3) is 9.31. The molecule has 0 bridgehead atoms. The summed E-state index contributed by atoms with van der Waals surface area (Å²) in [6.07, 6.45) is 9.89. The van der Waals surface area contributed by atoms with Gasteiger partial charge >= 0.3 is 0 Å². The second kappa shape index (κ2) is 9.49. The first-order valence-electron chi connectivity index (χ1n) is 5.01. The molecule has 0 amide bonds. The Bertz CT molecular complexity index is 141. The summed E-state index contributed by atoms with van der Waals surface area (Å²) in [5.41, 5.74) is 3.21. The van der Waals surface area contributed by atoms with Crippen LogP contribution < -0.4 is 5.43 Å². The molecule has 0 heterocycles. The lowest BCUT2D eigenvalue weighted by Gasteiger charge is -2.13. The second-order valence-corrected chi connectivity index (χ2v) is 3.08. The van der Waals surface area contributed by atoms with Crippen LogP contribution in [0.3, 0.4) is 0 Å². The zero-order chi connectivity index (χ0) is 9.94. The predicted octanol–water partition coefficient (Wildman–Crippen LogP) is 2.36. The molecule has 1 N–H and O–H groups in total. The van der Waals surface area contributed by atoms with Gasteiger partial charge in [-0.3, -0.25) is 5.43 Å². The number of hydrazine groups is 1. The van der Waals surface area contributed by atoms with Crippen molar-refractivity contribution in [2.45, 2.75) is 26.2 Å². The maximum Gasteiger partial charge on any atom is 0.0308 e. The molecule has 76 valence electrons. The normalized spacial score (nSPS) is 11.3. The zero-order valence-corrected chi connectivity index (χ0v) is 8.92. The van der Waals surface area contributed by atoms with E-state index in [4.69, 9.17) is 0 Å². The molecule has 2 nitrogen and oxygen atoms in total. The maximum atomic E-state index is 3.69. The Morgan fingerprint density at radius 2 is 2.08 bits per heavy atom. The van der Waals surface area contributed by atoms with Crippen LogP contribution in [0.1, 0.15) is 26.2 Å². The van der Waals surface area contributed by atoms with E-state index in [1.165, 1.54) is 6.42 Å². The fourth-order valence-corrected chi connectivity index (χ4v) is 1.07. The molecule has 0 aliphatic carbocycles. The molecule has 2 heteroatoms. The highest BCUT2D eigenvalue weighted by molar-refractivity contribution is 4.84. The average Bonchev–Trinajstić information content (AvgIpc) is 2.11. The van der Waals surface area contributed by atoms with Crippen LogP contribution in [-0.2, 0) is 0 Å². The van der Waals surface area contributed by atoms with Crippen molar-refractivity contribution in [2.24, 2.45) is 0 Å². The van der Waals surface area contributed by atoms with Gasteiger partial charge in [-0.1, -0.05) is 25.2 Å². The van der Waals surface area contributed by atoms with Crippen LogP contribution in [0, 0.1) is 0 Å². The number of nitrogens with zero attached hydrogens (tertiary/aromatic N) is 1. The van der Waals surface area contributed by atoms with Crippen molar-refractivity contribution in [3.05, 3.63) is 24.8 Å². The van der Waals surface area contributed by atoms with Gasteiger partial charge in [0.1, 0.15) is 0 Å². The summed E-state index contributed by atoms with van der Waals surface area (Å²) < 4.78 is 0. The van der Waals surface area contributed by atoms with E-state index in [0.717, 1.165) is 25.9 Å². The molecule has 0 atom stereocenters. The summed E-state index contributed by atoms with van der Waals surface area (Å²) in [6.45, 7) is 7.75. The van der Waals surface area contributed by atoms with Gasteiger partial charge in [0.2, 0.25) is 0 Å². The molecule has 0 aromatic rings.